The second-order valence-electron chi connectivity index (χ2n) is 5.40. The van der Waals surface area contributed by atoms with E-state index in [4.69, 9.17) is 4.74 Å². The third-order valence-corrected chi connectivity index (χ3v) is 3.64. The summed E-state index contributed by atoms with van der Waals surface area (Å²) in [5.41, 5.74) is 1.78. The van der Waals surface area contributed by atoms with E-state index < -0.39 is 6.10 Å². The minimum atomic E-state index is -0.453. The lowest BCUT2D eigenvalue weighted by atomic mass is 10.1. The van der Waals surface area contributed by atoms with Crippen LogP contribution in [-0.4, -0.2) is 24.5 Å². The van der Waals surface area contributed by atoms with Crippen molar-refractivity contribution in [1.82, 2.24) is 5.32 Å². The van der Waals surface area contributed by atoms with Gasteiger partial charge >= 0.3 is 0 Å². The quantitative estimate of drug-likeness (QED) is 0.873. The van der Waals surface area contributed by atoms with Gasteiger partial charge < -0.3 is 15.4 Å². The second kappa shape index (κ2) is 5.15. The summed E-state index contributed by atoms with van der Waals surface area (Å²) in [7, 11) is 0. The highest BCUT2D eigenvalue weighted by Crippen LogP contribution is 2.31. The molecule has 0 radical (unpaired) electrons. The molecule has 1 unspecified atom stereocenters. The number of nitrogens with one attached hydrogen (secondary N) is 2. The molecule has 2 amide bonds. The van der Waals surface area contributed by atoms with Crippen molar-refractivity contribution >= 4 is 17.5 Å². The van der Waals surface area contributed by atoms with E-state index in [1.54, 1.807) is 6.92 Å². The van der Waals surface area contributed by atoms with E-state index in [9.17, 15) is 9.59 Å². The second-order valence-corrected chi connectivity index (χ2v) is 5.40. The molecule has 0 bridgehead atoms. The van der Waals surface area contributed by atoms with Crippen molar-refractivity contribution in [2.24, 2.45) is 5.92 Å². The first kappa shape index (κ1) is 13.0. The predicted octanol–water partition coefficient (Wildman–Crippen LogP) is 1.47. The molecule has 3 rings (SSSR count). The molecule has 0 saturated heterocycles. The molecule has 1 saturated carbocycles. The minimum Gasteiger partial charge on any atom is -0.479 e. The standard InChI is InChI=1S/C15H18N2O3/c1-9-14(18)17-12-8-10(2-5-13(12)20-9)6-7-16-15(19)11-3-4-11/h2,5,8-9,11H,3-4,6-7H2,1H3,(H,16,19)(H,17,18). The van der Waals surface area contributed by atoms with Crippen LogP contribution in [0.5, 0.6) is 5.75 Å². The Morgan fingerprint density at radius 1 is 1.45 bits per heavy atom. The molecule has 1 aliphatic heterocycles. The van der Waals surface area contributed by atoms with E-state index in [2.05, 4.69) is 10.6 Å². The molecular formula is C15H18N2O3. The molecule has 1 aromatic carbocycles. The molecule has 1 atom stereocenters. The molecule has 5 nitrogen and oxygen atoms in total. The number of fused-ring (bicyclic) bond motifs is 1. The molecule has 1 fully saturated rings. The molecule has 0 spiro atoms. The van der Waals surface area contributed by atoms with E-state index in [1.165, 1.54) is 0 Å². The van der Waals surface area contributed by atoms with Crippen molar-refractivity contribution in [3.8, 4) is 5.75 Å². The van der Waals surface area contributed by atoms with Gasteiger partial charge in [0.25, 0.3) is 5.91 Å². The van der Waals surface area contributed by atoms with Crippen LogP contribution < -0.4 is 15.4 Å². The number of amides is 2. The summed E-state index contributed by atoms with van der Waals surface area (Å²) >= 11 is 0. The highest BCUT2D eigenvalue weighted by molar-refractivity contribution is 5.97. The van der Waals surface area contributed by atoms with E-state index >= 15 is 0 Å². The van der Waals surface area contributed by atoms with Crippen LogP contribution in [0.15, 0.2) is 18.2 Å². The van der Waals surface area contributed by atoms with Crippen molar-refractivity contribution in [3.63, 3.8) is 0 Å². The number of benzene rings is 1. The molecule has 1 aromatic rings. The zero-order valence-electron chi connectivity index (χ0n) is 11.4. The molecule has 5 heteroatoms. The lowest BCUT2D eigenvalue weighted by molar-refractivity contribution is -0.123. The largest absolute Gasteiger partial charge is 0.479 e. The van der Waals surface area contributed by atoms with Gasteiger partial charge in [0.15, 0.2) is 6.10 Å². The number of carbonyl (C=O) groups excluding carboxylic acids is 2. The number of hydrogen-bond donors (Lipinski definition) is 2. The van der Waals surface area contributed by atoms with Crippen molar-refractivity contribution in [1.29, 1.82) is 0 Å². The first-order valence-electron chi connectivity index (χ1n) is 7.01. The molecule has 2 aliphatic rings. The van der Waals surface area contributed by atoms with E-state index in [0.717, 1.165) is 24.8 Å². The Morgan fingerprint density at radius 3 is 3.00 bits per heavy atom. The fourth-order valence-electron chi connectivity index (χ4n) is 2.23. The number of anilines is 1. The summed E-state index contributed by atoms with van der Waals surface area (Å²) < 4.78 is 5.50. The van der Waals surface area contributed by atoms with Gasteiger partial charge in [-0.1, -0.05) is 6.07 Å². The van der Waals surface area contributed by atoms with Crippen LogP contribution >= 0.6 is 0 Å². The fourth-order valence-corrected chi connectivity index (χ4v) is 2.23. The maximum Gasteiger partial charge on any atom is 0.265 e. The van der Waals surface area contributed by atoms with Gasteiger partial charge in [-0.2, -0.15) is 0 Å². The van der Waals surface area contributed by atoms with Gasteiger partial charge in [0.2, 0.25) is 5.91 Å². The summed E-state index contributed by atoms with van der Waals surface area (Å²) in [4.78, 5) is 23.1. The zero-order chi connectivity index (χ0) is 14.1. The van der Waals surface area contributed by atoms with Gasteiger partial charge in [-0.05, 0) is 43.9 Å². The first-order valence-corrected chi connectivity index (χ1v) is 7.01. The first-order chi connectivity index (χ1) is 9.63. The van der Waals surface area contributed by atoms with Crippen LogP contribution in [0.1, 0.15) is 25.3 Å². The Morgan fingerprint density at radius 2 is 2.25 bits per heavy atom. The van der Waals surface area contributed by atoms with Crippen LogP contribution in [0.4, 0.5) is 5.69 Å². The van der Waals surface area contributed by atoms with Crippen molar-refractivity contribution < 1.29 is 14.3 Å². The van der Waals surface area contributed by atoms with Crippen LogP contribution in [0.2, 0.25) is 0 Å². The summed E-state index contributed by atoms with van der Waals surface area (Å²) in [6.07, 6.45) is 2.33. The van der Waals surface area contributed by atoms with Gasteiger partial charge in [0, 0.05) is 12.5 Å². The molecular weight excluding hydrogens is 256 g/mol. The average molecular weight is 274 g/mol. The Labute approximate surface area is 117 Å². The number of hydrogen-bond acceptors (Lipinski definition) is 3. The number of carbonyl (C=O) groups is 2. The van der Waals surface area contributed by atoms with E-state index in [1.807, 2.05) is 18.2 Å². The van der Waals surface area contributed by atoms with E-state index in [0.29, 0.717) is 18.0 Å². The highest BCUT2D eigenvalue weighted by Gasteiger charge is 2.29. The highest BCUT2D eigenvalue weighted by atomic mass is 16.5. The molecule has 2 N–H and O–H groups in total. The van der Waals surface area contributed by atoms with Crippen molar-refractivity contribution in [3.05, 3.63) is 23.8 Å². The number of ether oxygens (including phenoxy) is 1. The van der Waals surface area contributed by atoms with E-state index in [-0.39, 0.29) is 17.7 Å². The molecule has 20 heavy (non-hydrogen) atoms. The normalized spacial score (nSPS) is 20.6. The van der Waals surface area contributed by atoms with Crippen LogP contribution in [0.25, 0.3) is 0 Å². The minimum absolute atomic E-state index is 0.128. The number of rotatable bonds is 4. The third kappa shape index (κ3) is 2.76. The Hall–Kier alpha value is -2.04. The summed E-state index contributed by atoms with van der Waals surface area (Å²) in [6, 6.07) is 5.73. The van der Waals surface area contributed by atoms with Gasteiger partial charge in [-0.3, -0.25) is 9.59 Å². The fraction of sp³-hybridized carbons (Fsp3) is 0.467. The monoisotopic (exact) mass is 274 g/mol. The van der Waals surface area contributed by atoms with Crippen molar-refractivity contribution in [2.45, 2.75) is 32.3 Å². The topological polar surface area (TPSA) is 67.4 Å². The molecule has 0 aromatic heterocycles. The van der Waals surface area contributed by atoms with Crippen LogP contribution in [0, 0.1) is 5.92 Å². The average Bonchev–Trinajstić information content (AvgIpc) is 3.24. The van der Waals surface area contributed by atoms with Crippen LogP contribution in [-0.2, 0) is 16.0 Å². The smallest absolute Gasteiger partial charge is 0.265 e. The van der Waals surface area contributed by atoms with Gasteiger partial charge in [0.1, 0.15) is 5.75 Å². The summed E-state index contributed by atoms with van der Waals surface area (Å²) in [5, 5.41) is 5.76. The zero-order valence-corrected chi connectivity index (χ0v) is 11.4. The maximum absolute atomic E-state index is 11.6. The third-order valence-electron chi connectivity index (χ3n) is 3.64. The van der Waals surface area contributed by atoms with Gasteiger partial charge in [-0.25, -0.2) is 0 Å². The Bertz CT molecular complexity index is 552. The maximum atomic E-state index is 11.6. The van der Waals surface area contributed by atoms with Gasteiger partial charge in [-0.15, -0.1) is 0 Å². The lowest BCUT2D eigenvalue weighted by Crippen LogP contribution is -2.34. The summed E-state index contributed by atoms with van der Waals surface area (Å²) in [6.45, 7) is 2.35. The van der Waals surface area contributed by atoms with Gasteiger partial charge in [0.05, 0.1) is 5.69 Å². The molecule has 1 heterocycles. The van der Waals surface area contributed by atoms with Crippen molar-refractivity contribution in [2.75, 3.05) is 11.9 Å². The SMILES string of the molecule is CC1Oc2ccc(CCNC(=O)C3CC3)cc2NC1=O. The Kier molecular flexibility index (Phi) is 3.34. The molecule has 1 aliphatic carbocycles. The lowest BCUT2D eigenvalue weighted by Gasteiger charge is -2.23. The predicted molar refractivity (Wildman–Crippen MR) is 74.6 cm³/mol. The molecule has 106 valence electrons. The van der Waals surface area contributed by atoms with Crippen LogP contribution in [0.3, 0.4) is 0 Å². The Balaban J connectivity index is 1.59. The summed E-state index contributed by atoms with van der Waals surface area (Å²) in [5.74, 6) is 0.973.